The minimum Gasteiger partial charge on any atom is -0.464 e. The average Bonchev–Trinajstić information content (AvgIpc) is 3.15. The van der Waals surface area contributed by atoms with Gasteiger partial charge in [0.25, 0.3) is 0 Å². The zero-order chi connectivity index (χ0) is 15.6. The summed E-state index contributed by atoms with van der Waals surface area (Å²) in [5.74, 6) is 3.61. The van der Waals surface area contributed by atoms with Crippen LogP contribution in [0.3, 0.4) is 0 Å². The van der Waals surface area contributed by atoms with Crippen molar-refractivity contribution in [2.45, 2.75) is 50.8 Å². The summed E-state index contributed by atoms with van der Waals surface area (Å²) in [6.07, 6.45) is 7.26. The van der Waals surface area contributed by atoms with Crippen molar-refractivity contribution >= 4 is 0 Å². The van der Waals surface area contributed by atoms with Crippen LogP contribution in [0.2, 0.25) is 0 Å². The van der Waals surface area contributed by atoms with Crippen molar-refractivity contribution in [1.82, 2.24) is 10.3 Å². The van der Waals surface area contributed by atoms with Gasteiger partial charge in [-0.1, -0.05) is 6.92 Å². The molecule has 4 nitrogen and oxygen atoms in total. The molecule has 1 aliphatic heterocycles. The maximum Gasteiger partial charge on any atom is 0.117 e. The standard InChI is InChI=1S/C19H24N2O2/c1-13-11-16(13)18-5-4-15(23-18)12-21-17-3-2-10-22-19(17)14-6-8-20-9-7-14/h4-9,13,16-17,19,21H,2-3,10-12H2,1H3/t13-,16+,17-,19+/m0/s1. The predicted molar refractivity (Wildman–Crippen MR) is 88.0 cm³/mol. The predicted octanol–water partition coefficient (Wildman–Crippen LogP) is 3.81. The van der Waals surface area contributed by atoms with E-state index in [9.17, 15) is 0 Å². The van der Waals surface area contributed by atoms with Crippen LogP contribution < -0.4 is 5.32 Å². The Kier molecular flexibility index (Phi) is 4.19. The minimum atomic E-state index is 0.102. The molecule has 4 rings (SSSR count). The van der Waals surface area contributed by atoms with Crippen LogP contribution in [0.1, 0.15) is 55.3 Å². The Morgan fingerprint density at radius 1 is 1.22 bits per heavy atom. The summed E-state index contributed by atoms with van der Waals surface area (Å²) in [5.41, 5.74) is 1.20. The Hall–Kier alpha value is -1.65. The number of hydrogen-bond acceptors (Lipinski definition) is 4. The van der Waals surface area contributed by atoms with Crippen LogP contribution in [0, 0.1) is 5.92 Å². The number of rotatable bonds is 5. The topological polar surface area (TPSA) is 47.3 Å². The molecule has 0 spiro atoms. The van der Waals surface area contributed by atoms with Crippen molar-refractivity contribution in [3.8, 4) is 0 Å². The van der Waals surface area contributed by atoms with E-state index in [0.29, 0.717) is 12.0 Å². The molecule has 122 valence electrons. The molecule has 1 N–H and O–H groups in total. The van der Waals surface area contributed by atoms with Gasteiger partial charge in [-0.3, -0.25) is 4.98 Å². The molecule has 4 heteroatoms. The number of pyridine rings is 1. The zero-order valence-electron chi connectivity index (χ0n) is 13.6. The highest BCUT2D eigenvalue weighted by molar-refractivity contribution is 5.18. The molecule has 2 fully saturated rings. The lowest BCUT2D eigenvalue weighted by Gasteiger charge is -2.32. The summed E-state index contributed by atoms with van der Waals surface area (Å²) in [6, 6.07) is 8.66. The fourth-order valence-corrected chi connectivity index (χ4v) is 3.51. The lowest BCUT2D eigenvalue weighted by atomic mass is 9.96. The van der Waals surface area contributed by atoms with E-state index in [1.165, 1.54) is 12.0 Å². The number of ether oxygens (including phenoxy) is 1. The van der Waals surface area contributed by atoms with Gasteiger partial charge < -0.3 is 14.5 Å². The highest BCUT2D eigenvalue weighted by atomic mass is 16.5. The van der Waals surface area contributed by atoms with Crippen molar-refractivity contribution < 1.29 is 9.15 Å². The van der Waals surface area contributed by atoms with Crippen LogP contribution >= 0.6 is 0 Å². The Balaban J connectivity index is 1.39. The molecule has 1 aliphatic carbocycles. The Morgan fingerprint density at radius 3 is 2.83 bits per heavy atom. The van der Waals surface area contributed by atoms with Crippen molar-refractivity contribution in [3.63, 3.8) is 0 Å². The molecular formula is C19H24N2O2. The van der Waals surface area contributed by atoms with Crippen LogP contribution in [0.5, 0.6) is 0 Å². The van der Waals surface area contributed by atoms with Gasteiger partial charge in [0.1, 0.15) is 11.5 Å². The molecule has 2 aliphatic rings. The molecule has 0 amide bonds. The van der Waals surface area contributed by atoms with Gasteiger partial charge >= 0.3 is 0 Å². The summed E-state index contributed by atoms with van der Waals surface area (Å²) in [4.78, 5) is 4.10. The molecule has 1 saturated carbocycles. The van der Waals surface area contributed by atoms with Crippen molar-refractivity contribution in [1.29, 1.82) is 0 Å². The summed E-state index contributed by atoms with van der Waals surface area (Å²) in [7, 11) is 0. The number of nitrogens with zero attached hydrogens (tertiary/aromatic N) is 1. The number of furan rings is 1. The van der Waals surface area contributed by atoms with E-state index in [4.69, 9.17) is 9.15 Å². The highest BCUT2D eigenvalue weighted by Crippen LogP contribution is 2.47. The van der Waals surface area contributed by atoms with Gasteiger partial charge in [-0.05, 0) is 55.0 Å². The molecule has 2 aromatic rings. The van der Waals surface area contributed by atoms with E-state index in [2.05, 4.69) is 29.4 Å². The second kappa shape index (κ2) is 6.46. The maximum atomic E-state index is 6.01. The van der Waals surface area contributed by atoms with Crippen molar-refractivity contribution in [2.24, 2.45) is 5.92 Å². The second-order valence-corrected chi connectivity index (χ2v) is 6.83. The average molecular weight is 312 g/mol. The number of hydrogen-bond donors (Lipinski definition) is 1. The van der Waals surface area contributed by atoms with Crippen LogP contribution in [0.15, 0.2) is 41.1 Å². The normalized spacial score (nSPS) is 30.3. The maximum absolute atomic E-state index is 6.01. The van der Waals surface area contributed by atoms with Crippen LogP contribution in [0.4, 0.5) is 0 Å². The molecule has 3 heterocycles. The van der Waals surface area contributed by atoms with Gasteiger partial charge in [0.2, 0.25) is 0 Å². The van der Waals surface area contributed by atoms with Crippen LogP contribution in [-0.2, 0) is 11.3 Å². The molecule has 23 heavy (non-hydrogen) atoms. The molecule has 0 radical (unpaired) electrons. The largest absolute Gasteiger partial charge is 0.464 e. The third-order valence-electron chi connectivity index (χ3n) is 5.05. The molecule has 1 saturated heterocycles. The molecule has 0 unspecified atom stereocenters. The molecular weight excluding hydrogens is 288 g/mol. The first-order valence-electron chi connectivity index (χ1n) is 8.65. The van der Waals surface area contributed by atoms with Crippen LogP contribution in [0.25, 0.3) is 0 Å². The van der Waals surface area contributed by atoms with Crippen molar-refractivity contribution in [2.75, 3.05) is 6.61 Å². The van der Waals surface area contributed by atoms with Gasteiger partial charge in [-0.25, -0.2) is 0 Å². The quantitative estimate of drug-likeness (QED) is 0.912. The van der Waals surface area contributed by atoms with E-state index in [1.807, 2.05) is 24.5 Å². The Morgan fingerprint density at radius 2 is 2.04 bits per heavy atom. The zero-order valence-corrected chi connectivity index (χ0v) is 13.6. The molecule has 0 aromatic carbocycles. The van der Waals surface area contributed by atoms with E-state index in [1.54, 1.807) is 0 Å². The summed E-state index contributed by atoms with van der Waals surface area (Å²) in [6.45, 7) is 3.87. The lowest BCUT2D eigenvalue weighted by Crippen LogP contribution is -2.39. The van der Waals surface area contributed by atoms with E-state index >= 15 is 0 Å². The first kappa shape index (κ1) is 14.9. The van der Waals surface area contributed by atoms with E-state index in [-0.39, 0.29) is 6.10 Å². The summed E-state index contributed by atoms with van der Waals surface area (Å²) < 4.78 is 12.0. The summed E-state index contributed by atoms with van der Waals surface area (Å²) >= 11 is 0. The van der Waals surface area contributed by atoms with E-state index in [0.717, 1.165) is 43.4 Å². The first-order chi connectivity index (χ1) is 11.3. The monoisotopic (exact) mass is 312 g/mol. The fraction of sp³-hybridized carbons (Fsp3) is 0.526. The van der Waals surface area contributed by atoms with Crippen LogP contribution in [-0.4, -0.2) is 17.6 Å². The second-order valence-electron chi connectivity index (χ2n) is 6.83. The molecule has 2 aromatic heterocycles. The Labute approximate surface area is 137 Å². The van der Waals surface area contributed by atoms with E-state index < -0.39 is 0 Å². The van der Waals surface area contributed by atoms with Gasteiger partial charge in [0.15, 0.2) is 0 Å². The third-order valence-corrected chi connectivity index (χ3v) is 5.05. The SMILES string of the molecule is C[C@H]1C[C@H]1c1ccc(CN[C@H]2CCCO[C@@H]2c2ccncc2)o1. The Bertz CT molecular complexity index is 640. The smallest absolute Gasteiger partial charge is 0.117 e. The molecule has 4 atom stereocenters. The number of nitrogens with one attached hydrogen (secondary N) is 1. The third kappa shape index (κ3) is 3.33. The van der Waals surface area contributed by atoms with Gasteiger partial charge in [0, 0.05) is 31.0 Å². The highest BCUT2D eigenvalue weighted by Gasteiger charge is 2.36. The van der Waals surface area contributed by atoms with Crippen molar-refractivity contribution in [3.05, 3.63) is 53.7 Å². The molecule has 0 bridgehead atoms. The van der Waals surface area contributed by atoms with Gasteiger partial charge in [-0.2, -0.15) is 0 Å². The van der Waals surface area contributed by atoms with Gasteiger partial charge in [-0.15, -0.1) is 0 Å². The lowest BCUT2D eigenvalue weighted by molar-refractivity contribution is -0.0116. The minimum absolute atomic E-state index is 0.102. The fourth-order valence-electron chi connectivity index (χ4n) is 3.51. The first-order valence-corrected chi connectivity index (χ1v) is 8.65. The summed E-state index contributed by atoms with van der Waals surface area (Å²) in [5, 5.41) is 3.63. The van der Waals surface area contributed by atoms with Gasteiger partial charge in [0.05, 0.1) is 12.6 Å². The number of aromatic nitrogens is 1.